The maximum absolute atomic E-state index is 13.8. The van der Waals surface area contributed by atoms with E-state index in [0.29, 0.717) is 13.2 Å². The molecular formula is C12H22F2N2O2. The number of carbonyl (C=O) groups is 1. The van der Waals surface area contributed by atoms with Gasteiger partial charge in [-0.1, -0.05) is 13.3 Å². The lowest BCUT2D eigenvalue weighted by Crippen LogP contribution is -2.57. The van der Waals surface area contributed by atoms with Gasteiger partial charge in [0.15, 0.2) is 0 Å². The number of carbonyl (C=O) groups excluding carboxylic acids is 1. The van der Waals surface area contributed by atoms with Crippen molar-refractivity contribution in [3.63, 3.8) is 0 Å². The van der Waals surface area contributed by atoms with Crippen molar-refractivity contribution < 1.29 is 18.3 Å². The number of rotatable bonds is 4. The largest absolute Gasteiger partial charge is 0.449 e. The number of likely N-dealkylation sites (tertiary alicyclic amines) is 1. The van der Waals surface area contributed by atoms with Crippen molar-refractivity contribution in [2.24, 2.45) is 0 Å². The summed E-state index contributed by atoms with van der Waals surface area (Å²) in [5.41, 5.74) is 0. The summed E-state index contributed by atoms with van der Waals surface area (Å²) in [6, 6.07) is -0.808. The van der Waals surface area contributed by atoms with Crippen LogP contribution in [0.25, 0.3) is 0 Å². The number of hydrogen-bond donors (Lipinski definition) is 0. The van der Waals surface area contributed by atoms with Crippen LogP contribution in [0.1, 0.15) is 26.2 Å². The second-order valence-corrected chi connectivity index (χ2v) is 4.92. The van der Waals surface area contributed by atoms with E-state index in [9.17, 15) is 13.6 Å². The first-order valence-electron chi connectivity index (χ1n) is 6.34. The Morgan fingerprint density at radius 2 is 2.17 bits per heavy atom. The number of alkyl halides is 2. The average Bonchev–Trinajstić information content (AvgIpc) is 2.27. The standard InChI is InChI=1S/C12H22F2N2O2/c1-4-5-8-18-11(17)16-7-6-10(15(2)3)12(13,14)9-16/h10H,4-9H2,1-3H3. The molecule has 0 saturated carbocycles. The van der Waals surface area contributed by atoms with Gasteiger partial charge in [-0.05, 0) is 26.9 Å². The van der Waals surface area contributed by atoms with Crippen LogP contribution >= 0.6 is 0 Å². The molecule has 1 atom stereocenters. The average molecular weight is 264 g/mol. The van der Waals surface area contributed by atoms with Crippen LogP contribution in [0.3, 0.4) is 0 Å². The van der Waals surface area contributed by atoms with Crippen LogP contribution in [0.15, 0.2) is 0 Å². The Kier molecular flexibility index (Phi) is 5.31. The van der Waals surface area contributed by atoms with Gasteiger partial charge in [-0.2, -0.15) is 0 Å². The van der Waals surface area contributed by atoms with E-state index < -0.39 is 24.6 Å². The second-order valence-electron chi connectivity index (χ2n) is 4.92. The zero-order valence-electron chi connectivity index (χ0n) is 11.3. The molecule has 1 fully saturated rings. The molecule has 1 heterocycles. The van der Waals surface area contributed by atoms with Crippen molar-refractivity contribution in [2.75, 3.05) is 33.8 Å². The van der Waals surface area contributed by atoms with E-state index in [4.69, 9.17) is 4.74 Å². The van der Waals surface area contributed by atoms with E-state index in [-0.39, 0.29) is 6.42 Å². The Labute approximate surface area is 107 Å². The summed E-state index contributed by atoms with van der Waals surface area (Å²) >= 11 is 0. The maximum atomic E-state index is 13.8. The lowest BCUT2D eigenvalue weighted by molar-refractivity contribution is -0.112. The van der Waals surface area contributed by atoms with Crippen molar-refractivity contribution in [3.8, 4) is 0 Å². The van der Waals surface area contributed by atoms with Gasteiger partial charge in [0.2, 0.25) is 0 Å². The first-order valence-corrected chi connectivity index (χ1v) is 6.34. The molecule has 1 saturated heterocycles. The molecule has 1 amide bonds. The molecule has 4 nitrogen and oxygen atoms in total. The van der Waals surface area contributed by atoms with Gasteiger partial charge in [-0.15, -0.1) is 0 Å². The van der Waals surface area contributed by atoms with Gasteiger partial charge in [0.25, 0.3) is 5.92 Å². The molecule has 6 heteroatoms. The summed E-state index contributed by atoms with van der Waals surface area (Å²) in [6.45, 7) is 2.04. The van der Waals surface area contributed by atoms with Crippen LogP contribution in [0.5, 0.6) is 0 Å². The number of ether oxygens (including phenoxy) is 1. The molecule has 1 unspecified atom stereocenters. The van der Waals surface area contributed by atoms with E-state index in [2.05, 4.69) is 0 Å². The smallest absolute Gasteiger partial charge is 0.409 e. The molecule has 0 aromatic rings. The molecule has 1 aliphatic heterocycles. The summed E-state index contributed by atoms with van der Waals surface area (Å²) in [4.78, 5) is 14.2. The SMILES string of the molecule is CCCCOC(=O)N1CCC(N(C)C)C(F)(F)C1. The van der Waals surface area contributed by atoms with Gasteiger partial charge < -0.3 is 14.5 Å². The van der Waals surface area contributed by atoms with Gasteiger partial charge in [-0.3, -0.25) is 0 Å². The summed E-state index contributed by atoms with van der Waals surface area (Å²) in [7, 11) is 3.27. The molecule has 1 aliphatic rings. The predicted octanol–water partition coefficient (Wildman–Crippen LogP) is 2.19. The minimum absolute atomic E-state index is 0.267. The van der Waals surface area contributed by atoms with Crippen LogP contribution in [-0.2, 0) is 4.74 Å². The number of hydrogen-bond acceptors (Lipinski definition) is 3. The van der Waals surface area contributed by atoms with Crippen LogP contribution in [0, 0.1) is 0 Å². The number of unbranched alkanes of at least 4 members (excludes halogenated alkanes) is 1. The highest BCUT2D eigenvalue weighted by molar-refractivity contribution is 5.67. The number of halogens is 2. The Bertz CT molecular complexity index is 285. The molecular weight excluding hydrogens is 242 g/mol. The molecule has 0 aromatic carbocycles. The third kappa shape index (κ3) is 3.80. The van der Waals surface area contributed by atoms with Crippen LogP contribution < -0.4 is 0 Å². The van der Waals surface area contributed by atoms with Gasteiger partial charge in [-0.25, -0.2) is 13.6 Å². The molecule has 18 heavy (non-hydrogen) atoms. The maximum Gasteiger partial charge on any atom is 0.409 e. The third-order valence-electron chi connectivity index (χ3n) is 3.17. The Morgan fingerprint density at radius 3 is 2.67 bits per heavy atom. The first-order chi connectivity index (χ1) is 8.38. The molecule has 1 rings (SSSR count). The minimum atomic E-state index is -2.88. The Morgan fingerprint density at radius 1 is 1.50 bits per heavy atom. The van der Waals surface area contributed by atoms with Crippen molar-refractivity contribution in [2.45, 2.75) is 38.2 Å². The van der Waals surface area contributed by atoms with Crippen molar-refractivity contribution in [1.82, 2.24) is 9.80 Å². The molecule has 0 spiro atoms. The van der Waals surface area contributed by atoms with Gasteiger partial charge in [0.05, 0.1) is 19.2 Å². The molecule has 0 radical (unpaired) electrons. The van der Waals surface area contributed by atoms with Gasteiger partial charge >= 0.3 is 6.09 Å². The van der Waals surface area contributed by atoms with Crippen molar-refractivity contribution >= 4 is 6.09 Å². The highest BCUT2D eigenvalue weighted by Crippen LogP contribution is 2.30. The molecule has 106 valence electrons. The molecule has 0 bridgehead atoms. The van der Waals surface area contributed by atoms with E-state index in [1.165, 1.54) is 4.90 Å². The number of amides is 1. The zero-order valence-corrected chi connectivity index (χ0v) is 11.3. The van der Waals surface area contributed by atoms with E-state index >= 15 is 0 Å². The lowest BCUT2D eigenvalue weighted by atomic mass is 10.0. The Hall–Kier alpha value is -0.910. The normalized spacial score (nSPS) is 23.2. The van der Waals surface area contributed by atoms with Crippen molar-refractivity contribution in [1.29, 1.82) is 0 Å². The fraction of sp³-hybridized carbons (Fsp3) is 0.917. The van der Waals surface area contributed by atoms with Crippen molar-refractivity contribution in [3.05, 3.63) is 0 Å². The van der Waals surface area contributed by atoms with E-state index in [0.717, 1.165) is 17.7 Å². The highest BCUT2D eigenvalue weighted by Gasteiger charge is 2.47. The quantitative estimate of drug-likeness (QED) is 0.730. The molecule has 0 aliphatic carbocycles. The van der Waals surface area contributed by atoms with Crippen LogP contribution in [0.4, 0.5) is 13.6 Å². The predicted molar refractivity (Wildman–Crippen MR) is 64.9 cm³/mol. The summed E-state index contributed by atoms with van der Waals surface area (Å²) in [5, 5.41) is 0. The minimum Gasteiger partial charge on any atom is -0.449 e. The second kappa shape index (κ2) is 6.31. The first kappa shape index (κ1) is 15.1. The van der Waals surface area contributed by atoms with Crippen LogP contribution in [-0.4, -0.2) is 61.6 Å². The lowest BCUT2D eigenvalue weighted by Gasteiger charge is -2.40. The summed E-state index contributed by atoms with van der Waals surface area (Å²) < 4.78 is 32.6. The van der Waals surface area contributed by atoms with E-state index in [1.807, 2.05) is 6.92 Å². The molecule has 0 N–H and O–H groups in total. The highest BCUT2D eigenvalue weighted by atomic mass is 19.3. The summed E-state index contributed by atoms with van der Waals surface area (Å²) in [5.74, 6) is -2.88. The van der Waals surface area contributed by atoms with E-state index in [1.54, 1.807) is 14.1 Å². The van der Waals surface area contributed by atoms with Gasteiger partial charge in [0.1, 0.15) is 0 Å². The third-order valence-corrected chi connectivity index (χ3v) is 3.17. The Balaban J connectivity index is 2.50. The fourth-order valence-corrected chi connectivity index (χ4v) is 2.12. The number of nitrogens with zero attached hydrogens (tertiary/aromatic N) is 2. The number of piperidine rings is 1. The zero-order chi connectivity index (χ0) is 13.8. The fourth-order valence-electron chi connectivity index (χ4n) is 2.12. The van der Waals surface area contributed by atoms with Crippen LogP contribution in [0.2, 0.25) is 0 Å². The van der Waals surface area contributed by atoms with Gasteiger partial charge in [0, 0.05) is 6.54 Å². The topological polar surface area (TPSA) is 32.8 Å². The summed E-state index contributed by atoms with van der Waals surface area (Å²) in [6.07, 6.45) is 1.31. The molecule has 0 aromatic heterocycles. The monoisotopic (exact) mass is 264 g/mol.